The monoisotopic (exact) mass is 333 g/mol. The Morgan fingerprint density at radius 1 is 1.53 bits per heavy atom. The number of carbonyl (C=O) groups is 1. The first-order chi connectivity index (χ1) is 8.73. The molecule has 1 aromatic carbocycles. The summed E-state index contributed by atoms with van der Waals surface area (Å²) in [5.74, 6) is -0.442. The average Bonchev–Trinajstić information content (AvgIpc) is 2.27. The highest BCUT2D eigenvalue weighted by molar-refractivity contribution is 9.10. The summed E-state index contributed by atoms with van der Waals surface area (Å²) >= 11 is 3.25. The van der Waals surface area contributed by atoms with Crippen molar-refractivity contribution in [3.8, 4) is 0 Å². The van der Waals surface area contributed by atoms with E-state index in [1.165, 1.54) is 18.2 Å². The summed E-state index contributed by atoms with van der Waals surface area (Å²) in [6, 6.07) is 3.32. The van der Waals surface area contributed by atoms with Gasteiger partial charge in [-0.1, -0.05) is 15.9 Å². The Hall–Kier alpha value is -1.14. The quantitative estimate of drug-likeness (QED) is 0.893. The zero-order chi connectivity index (χ0) is 14.6. The van der Waals surface area contributed by atoms with Gasteiger partial charge in [-0.3, -0.25) is 0 Å². The van der Waals surface area contributed by atoms with E-state index in [1.807, 2.05) is 0 Å². The van der Waals surface area contributed by atoms with Crippen LogP contribution in [0.15, 0.2) is 22.7 Å². The summed E-state index contributed by atoms with van der Waals surface area (Å²) in [5, 5.41) is 11.8. The fourth-order valence-corrected chi connectivity index (χ4v) is 1.98. The van der Waals surface area contributed by atoms with E-state index in [0.717, 1.165) is 0 Å². The Morgan fingerprint density at radius 2 is 2.16 bits per heavy atom. The van der Waals surface area contributed by atoms with Gasteiger partial charge in [0.2, 0.25) is 0 Å². The van der Waals surface area contributed by atoms with Crippen LogP contribution in [0.2, 0.25) is 0 Å². The number of hydrogen-bond donors (Lipinski definition) is 2. The summed E-state index contributed by atoms with van der Waals surface area (Å²) in [5.41, 5.74) is -0.183. The third-order valence-corrected chi connectivity index (χ3v) is 2.93. The molecule has 0 aliphatic heterocycles. The smallest absolute Gasteiger partial charge is 0.408 e. The van der Waals surface area contributed by atoms with Crippen molar-refractivity contribution >= 4 is 22.0 Å². The molecule has 0 heterocycles. The minimum absolute atomic E-state index is 0.360. The van der Waals surface area contributed by atoms with E-state index in [4.69, 9.17) is 4.74 Å². The second-order valence-corrected chi connectivity index (χ2v) is 5.90. The third-order valence-electron chi connectivity index (χ3n) is 2.21. The second kappa shape index (κ2) is 6.34. The lowest BCUT2D eigenvalue weighted by Gasteiger charge is -2.23. The number of hydrogen-bond acceptors (Lipinski definition) is 3. The normalized spacial score (nSPS) is 12.9. The molecule has 1 rings (SSSR count). The molecule has 0 saturated heterocycles. The van der Waals surface area contributed by atoms with E-state index < -0.39 is 23.6 Å². The number of carbonyl (C=O) groups excluding carboxylic acids is 1. The van der Waals surface area contributed by atoms with Crippen molar-refractivity contribution in [2.45, 2.75) is 32.4 Å². The highest BCUT2D eigenvalue weighted by Gasteiger charge is 2.21. The number of benzene rings is 1. The van der Waals surface area contributed by atoms with Crippen molar-refractivity contribution in [2.24, 2.45) is 0 Å². The van der Waals surface area contributed by atoms with E-state index >= 15 is 0 Å². The molecule has 0 bridgehead atoms. The lowest BCUT2D eigenvalue weighted by Crippen LogP contribution is -2.36. The van der Waals surface area contributed by atoms with Gasteiger partial charge >= 0.3 is 6.09 Å². The molecule has 0 aliphatic carbocycles. The number of ether oxygens (including phenoxy) is 1. The summed E-state index contributed by atoms with van der Waals surface area (Å²) in [4.78, 5) is 11.6. The average molecular weight is 334 g/mol. The Kier molecular flexibility index (Phi) is 5.31. The molecule has 0 radical (unpaired) electrons. The summed E-state index contributed by atoms with van der Waals surface area (Å²) in [6.07, 6.45) is -0.664. The largest absolute Gasteiger partial charge is 0.444 e. The number of aliphatic hydroxyl groups is 1. The van der Waals surface area contributed by atoms with Crippen molar-refractivity contribution in [3.63, 3.8) is 0 Å². The van der Waals surface area contributed by atoms with Crippen LogP contribution in [0.4, 0.5) is 9.18 Å². The van der Waals surface area contributed by atoms with Crippen LogP contribution in [0.3, 0.4) is 0 Å². The fourth-order valence-electron chi connectivity index (χ4n) is 1.45. The van der Waals surface area contributed by atoms with Crippen molar-refractivity contribution < 1.29 is 19.0 Å². The van der Waals surface area contributed by atoms with E-state index in [2.05, 4.69) is 21.2 Å². The Labute approximate surface area is 120 Å². The van der Waals surface area contributed by atoms with Crippen molar-refractivity contribution in [3.05, 3.63) is 34.1 Å². The van der Waals surface area contributed by atoms with Crippen molar-refractivity contribution in [1.29, 1.82) is 0 Å². The Morgan fingerprint density at radius 3 is 2.68 bits per heavy atom. The zero-order valence-electron chi connectivity index (χ0n) is 11.0. The number of halogens is 2. The lowest BCUT2D eigenvalue weighted by molar-refractivity contribution is 0.0481. The van der Waals surface area contributed by atoms with Crippen LogP contribution in [0.25, 0.3) is 0 Å². The molecule has 1 amide bonds. The van der Waals surface area contributed by atoms with Gasteiger partial charge in [0.05, 0.1) is 12.6 Å². The third kappa shape index (κ3) is 5.16. The molecule has 0 aromatic heterocycles. The number of alkyl carbamates (subject to hydrolysis) is 1. The predicted octanol–water partition coefficient (Wildman–Crippen LogP) is 3.15. The van der Waals surface area contributed by atoms with E-state index in [-0.39, 0.29) is 6.61 Å². The summed E-state index contributed by atoms with van der Waals surface area (Å²) in [7, 11) is 0. The fraction of sp³-hybridized carbons (Fsp3) is 0.462. The predicted molar refractivity (Wildman–Crippen MR) is 73.3 cm³/mol. The maximum Gasteiger partial charge on any atom is 0.408 e. The summed E-state index contributed by atoms with van der Waals surface area (Å²) in [6.45, 7) is 4.84. The molecule has 4 nitrogen and oxygen atoms in total. The SMILES string of the molecule is CC(C)(C)OC(=O)N[C@@H](CO)c1cc(F)ccc1Br. The minimum atomic E-state index is -0.736. The first-order valence-electron chi connectivity index (χ1n) is 5.78. The molecule has 106 valence electrons. The lowest BCUT2D eigenvalue weighted by atomic mass is 10.1. The molecule has 1 atom stereocenters. The molecule has 0 saturated carbocycles. The van der Waals surface area contributed by atoms with Crippen molar-refractivity contribution in [1.82, 2.24) is 5.32 Å². The molecule has 19 heavy (non-hydrogen) atoms. The Balaban J connectivity index is 2.84. The van der Waals surface area contributed by atoms with Crippen LogP contribution in [0, 0.1) is 5.82 Å². The summed E-state index contributed by atoms with van der Waals surface area (Å²) < 4.78 is 18.9. The van der Waals surface area contributed by atoms with Gasteiger partial charge in [0.25, 0.3) is 0 Å². The second-order valence-electron chi connectivity index (χ2n) is 5.05. The number of nitrogens with one attached hydrogen (secondary N) is 1. The van der Waals surface area contributed by atoms with Gasteiger partial charge < -0.3 is 15.2 Å². The topological polar surface area (TPSA) is 58.6 Å². The van der Waals surface area contributed by atoms with Gasteiger partial charge in [-0.2, -0.15) is 0 Å². The maximum absolute atomic E-state index is 13.2. The van der Waals surface area contributed by atoms with Gasteiger partial charge in [0.15, 0.2) is 0 Å². The molecule has 0 unspecified atom stereocenters. The van der Waals surface area contributed by atoms with Crippen LogP contribution in [-0.4, -0.2) is 23.4 Å². The molecule has 1 aromatic rings. The highest BCUT2D eigenvalue weighted by atomic mass is 79.9. The molecular formula is C13H17BrFNO3. The first-order valence-corrected chi connectivity index (χ1v) is 6.57. The van der Waals surface area contributed by atoms with Gasteiger partial charge in [0, 0.05) is 4.47 Å². The van der Waals surface area contributed by atoms with Crippen LogP contribution in [-0.2, 0) is 4.74 Å². The van der Waals surface area contributed by atoms with Gasteiger partial charge in [-0.25, -0.2) is 9.18 Å². The molecule has 2 N–H and O–H groups in total. The van der Waals surface area contributed by atoms with Crippen LogP contribution < -0.4 is 5.32 Å². The zero-order valence-corrected chi connectivity index (χ0v) is 12.6. The molecule has 6 heteroatoms. The van der Waals surface area contributed by atoms with E-state index in [9.17, 15) is 14.3 Å². The van der Waals surface area contributed by atoms with Gasteiger partial charge in [-0.05, 0) is 44.5 Å². The van der Waals surface area contributed by atoms with Crippen LogP contribution >= 0.6 is 15.9 Å². The minimum Gasteiger partial charge on any atom is -0.444 e. The molecule has 0 spiro atoms. The van der Waals surface area contributed by atoms with E-state index in [0.29, 0.717) is 10.0 Å². The van der Waals surface area contributed by atoms with Crippen molar-refractivity contribution in [2.75, 3.05) is 6.61 Å². The maximum atomic E-state index is 13.2. The van der Waals surface area contributed by atoms with Gasteiger partial charge in [0.1, 0.15) is 11.4 Å². The Bertz CT molecular complexity index is 460. The molecule has 0 fully saturated rings. The first kappa shape index (κ1) is 15.9. The van der Waals surface area contributed by atoms with Crippen LogP contribution in [0.5, 0.6) is 0 Å². The molecule has 0 aliphatic rings. The number of rotatable bonds is 3. The standard InChI is InChI=1S/C13H17BrFNO3/c1-13(2,3)19-12(18)16-11(7-17)9-6-8(15)4-5-10(9)14/h4-6,11,17H,7H2,1-3H3,(H,16,18)/t11-/m0/s1. The van der Waals surface area contributed by atoms with Crippen LogP contribution in [0.1, 0.15) is 32.4 Å². The molecular weight excluding hydrogens is 317 g/mol. The highest BCUT2D eigenvalue weighted by Crippen LogP contribution is 2.24. The number of aliphatic hydroxyl groups excluding tert-OH is 1. The van der Waals surface area contributed by atoms with Gasteiger partial charge in [-0.15, -0.1) is 0 Å². The number of amides is 1. The van der Waals surface area contributed by atoms with E-state index in [1.54, 1.807) is 20.8 Å².